The number of rotatable bonds is 7. The molecule has 0 bridgehead atoms. The van der Waals surface area contributed by atoms with Crippen LogP contribution in [0.25, 0.3) is 0 Å². The van der Waals surface area contributed by atoms with Gasteiger partial charge in [0, 0.05) is 26.9 Å². The first-order valence-electron chi connectivity index (χ1n) is 6.16. The summed E-state index contributed by atoms with van der Waals surface area (Å²) in [5.74, 6) is -2.24. The molecule has 8 nitrogen and oxygen atoms in total. The first-order valence-corrected chi connectivity index (χ1v) is 6.16. The maximum absolute atomic E-state index is 12.1. The molecule has 114 valence electrons. The molecule has 21 heavy (non-hydrogen) atoms. The van der Waals surface area contributed by atoms with Crippen molar-refractivity contribution in [2.75, 3.05) is 33.9 Å². The van der Waals surface area contributed by atoms with Crippen molar-refractivity contribution in [2.24, 2.45) is 0 Å². The normalized spacial score (nSPS) is 10.0. The minimum atomic E-state index is -1.25. The van der Waals surface area contributed by atoms with Gasteiger partial charge in [0.05, 0.1) is 18.7 Å². The summed E-state index contributed by atoms with van der Waals surface area (Å²) >= 11 is 0. The van der Waals surface area contributed by atoms with Gasteiger partial charge in [-0.05, 0) is 12.1 Å². The quantitative estimate of drug-likeness (QED) is 0.663. The topological polar surface area (TPSA) is 109 Å². The fourth-order valence-corrected chi connectivity index (χ4v) is 1.56. The van der Waals surface area contributed by atoms with E-state index in [1.54, 1.807) is 0 Å². The molecular weight excluding hydrogens is 278 g/mol. The highest BCUT2D eigenvalue weighted by Crippen LogP contribution is 2.08. The zero-order chi connectivity index (χ0) is 15.8. The molecule has 0 atom stereocenters. The number of aromatic nitrogens is 1. The SMILES string of the molecule is COCCNC(=O)CN(C)C(=O)c1ncccc1C(=O)O. The number of ether oxygens (including phenoxy) is 1. The Morgan fingerprint density at radius 1 is 1.43 bits per heavy atom. The van der Waals surface area contributed by atoms with Crippen molar-refractivity contribution in [3.63, 3.8) is 0 Å². The number of pyridine rings is 1. The highest BCUT2D eigenvalue weighted by Gasteiger charge is 2.22. The number of nitrogens with one attached hydrogen (secondary N) is 1. The van der Waals surface area contributed by atoms with Crippen molar-refractivity contribution in [2.45, 2.75) is 0 Å². The van der Waals surface area contributed by atoms with E-state index in [4.69, 9.17) is 9.84 Å². The van der Waals surface area contributed by atoms with Crippen molar-refractivity contribution in [3.05, 3.63) is 29.6 Å². The van der Waals surface area contributed by atoms with Crippen LogP contribution < -0.4 is 5.32 Å². The molecule has 2 amide bonds. The first-order chi connectivity index (χ1) is 9.97. The van der Waals surface area contributed by atoms with E-state index < -0.39 is 11.9 Å². The Bertz CT molecular complexity index is 532. The maximum atomic E-state index is 12.1. The fourth-order valence-electron chi connectivity index (χ4n) is 1.56. The molecule has 0 saturated heterocycles. The van der Waals surface area contributed by atoms with Gasteiger partial charge in [-0.3, -0.25) is 14.6 Å². The van der Waals surface area contributed by atoms with E-state index in [1.165, 1.54) is 32.5 Å². The van der Waals surface area contributed by atoms with Gasteiger partial charge in [0.2, 0.25) is 5.91 Å². The van der Waals surface area contributed by atoms with Gasteiger partial charge in [0.25, 0.3) is 5.91 Å². The number of carboxylic acids is 1. The van der Waals surface area contributed by atoms with Crippen LogP contribution in [0.3, 0.4) is 0 Å². The summed E-state index contributed by atoms with van der Waals surface area (Å²) in [4.78, 5) is 39.6. The summed E-state index contributed by atoms with van der Waals surface area (Å²) in [5, 5.41) is 11.6. The molecule has 0 aromatic carbocycles. The molecule has 0 saturated carbocycles. The van der Waals surface area contributed by atoms with Crippen molar-refractivity contribution < 1.29 is 24.2 Å². The van der Waals surface area contributed by atoms with Gasteiger partial charge < -0.3 is 20.1 Å². The van der Waals surface area contributed by atoms with E-state index in [1.807, 2.05) is 0 Å². The van der Waals surface area contributed by atoms with Gasteiger partial charge in [-0.15, -0.1) is 0 Å². The third kappa shape index (κ3) is 4.84. The highest BCUT2D eigenvalue weighted by molar-refractivity contribution is 6.03. The van der Waals surface area contributed by atoms with Crippen LogP contribution in [0.4, 0.5) is 0 Å². The summed E-state index contributed by atoms with van der Waals surface area (Å²) in [6.07, 6.45) is 1.33. The number of hydrogen-bond donors (Lipinski definition) is 2. The minimum absolute atomic E-state index is 0.196. The third-order valence-corrected chi connectivity index (χ3v) is 2.60. The largest absolute Gasteiger partial charge is 0.478 e. The molecule has 2 N–H and O–H groups in total. The third-order valence-electron chi connectivity index (χ3n) is 2.60. The van der Waals surface area contributed by atoms with Crippen molar-refractivity contribution >= 4 is 17.8 Å². The number of likely N-dealkylation sites (N-methyl/N-ethyl adjacent to an activating group) is 1. The van der Waals surface area contributed by atoms with E-state index >= 15 is 0 Å². The van der Waals surface area contributed by atoms with E-state index in [-0.39, 0.29) is 23.7 Å². The Morgan fingerprint density at radius 3 is 2.76 bits per heavy atom. The second-order valence-corrected chi connectivity index (χ2v) is 4.21. The van der Waals surface area contributed by atoms with E-state index in [0.717, 1.165) is 4.90 Å². The van der Waals surface area contributed by atoms with Gasteiger partial charge in [0.1, 0.15) is 5.69 Å². The molecular formula is C13H17N3O5. The molecule has 0 aliphatic rings. The second-order valence-electron chi connectivity index (χ2n) is 4.21. The zero-order valence-electron chi connectivity index (χ0n) is 11.8. The van der Waals surface area contributed by atoms with Gasteiger partial charge in [0.15, 0.2) is 0 Å². The molecule has 0 aliphatic carbocycles. The molecule has 8 heteroatoms. The van der Waals surface area contributed by atoms with Gasteiger partial charge >= 0.3 is 5.97 Å². The first kappa shape index (κ1) is 16.6. The molecule has 0 radical (unpaired) electrons. The predicted octanol–water partition coefficient (Wildman–Crippen LogP) is -0.386. The molecule has 1 rings (SSSR count). The molecule has 1 aromatic rings. The fraction of sp³-hybridized carbons (Fsp3) is 0.385. The Hall–Kier alpha value is -2.48. The maximum Gasteiger partial charge on any atom is 0.338 e. The predicted molar refractivity (Wildman–Crippen MR) is 73.0 cm³/mol. The van der Waals surface area contributed by atoms with E-state index in [2.05, 4.69) is 10.3 Å². The number of nitrogens with zero attached hydrogens (tertiary/aromatic N) is 2. The van der Waals surface area contributed by atoms with E-state index in [0.29, 0.717) is 13.2 Å². The summed E-state index contributed by atoms with van der Waals surface area (Å²) in [6.45, 7) is 0.506. The van der Waals surface area contributed by atoms with Crippen LogP contribution >= 0.6 is 0 Å². The standard InChI is InChI=1S/C13H17N3O5/c1-16(8-10(17)14-6-7-21-2)12(18)11-9(13(19)20)4-3-5-15-11/h3-5H,6-8H2,1-2H3,(H,14,17)(H,19,20). The Morgan fingerprint density at radius 2 is 2.14 bits per heavy atom. The number of carbonyl (C=O) groups is 3. The van der Waals surface area contributed by atoms with Crippen LogP contribution in [0, 0.1) is 0 Å². The van der Waals surface area contributed by atoms with Crippen LogP contribution in [0.2, 0.25) is 0 Å². The van der Waals surface area contributed by atoms with E-state index in [9.17, 15) is 14.4 Å². The smallest absolute Gasteiger partial charge is 0.338 e. The Balaban J connectivity index is 2.71. The summed E-state index contributed by atoms with van der Waals surface area (Å²) < 4.78 is 4.79. The lowest BCUT2D eigenvalue weighted by Crippen LogP contribution is -2.40. The number of aromatic carboxylic acids is 1. The lowest BCUT2D eigenvalue weighted by Gasteiger charge is -2.17. The van der Waals surface area contributed by atoms with Gasteiger partial charge in [-0.2, -0.15) is 0 Å². The summed E-state index contributed by atoms with van der Waals surface area (Å²) in [7, 11) is 2.91. The Labute approximate surface area is 121 Å². The average molecular weight is 295 g/mol. The van der Waals surface area contributed by atoms with Crippen molar-refractivity contribution in [1.82, 2.24) is 15.2 Å². The second kappa shape index (κ2) is 7.95. The number of amides is 2. The van der Waals surface area contributed by atoms with Gasteiger partial charge in [-0.1, -0.05) is 0 Å². The summed E-state index contributed by atoms with van der Waals surface area (Å²) in [6, 6.07) is 2.72. The molecule has 0 aliphatic heterocycles. The highest BCUT2D eigenvalue weighted by atomic mass is 16.5. The Kier molecular flexibility index (Phi) is 6.28. The number of carboxylic acid groups (broad SMARTS) is 1. The molecule has 0 unspecified atom stereocenters. The van der Waals surface area contributed by atoms with Crippen molar-refractivity contribution in [1.29, 1.82) is 0 Å². The molecule has 0 fully saturated rings. The lowest BCUT2D eigenvalue weighted by atomic mass is 10.2. The number of carbonyl (C=O) groups excluding carboxylic acids is 2. The molecule has 1 heterocycles. The van der Waals surface area contributed by atoms with Crippen LogP contribution in [0.1, 0.15) is 20.8 Å². The van der Waals surface area contributed by atoms with Crippen LogP contribution in [0.5, 0.6) is 0 Å². The van der Waals surface area contributed by atoms with Crippen molar-refractivity contribution in [3.8, 4) is 0 Å². The average Bonchev–Trinajstić information content (AvgIpc) is 2.46. The molecule has 1 aromatic heterocycles. The number of methoxy groups -OCH3 is 1. The number of hydrogen-bond acceptors (Lipinski definition) is 5. The van der Waals surface area contributed by atoms with Crippen LogP contribution in [0.15, 0.2) is 18.3 Å². The zero-order valence-corrected chi connectivity index (χ0v) is 11.8. The van der Waals surface area contributed by atoms with Gasteiger partial charge in [-0.25, -0.2) is 4.79 Å². The van der Waals surface area contributed by atoms with Crippen LogP contribution in [-0.4, -0.2) is 66.6 Å². The minimum Gasteiger partial charge on any atom is -0.478 e. The summed E-state index contributed by atoms with van der Waals surface area (Å²) in [5.41, 5.74) is -0.397. The lowest BCUT2D eigenvalue weighted by molar-refractivity contribution is -0.121. The van der Waals surface area contributed by atoms with Crippen LogP contribution in [-0.2, 0) is 9.53 Å². The monoisotopic (exact) mass is 295 g/mol. The molecule has 0 spiro atoms.